The number of hydrogen-bond donors (Lipinski definition) is 2. The van der Waals surface area contributed by atoms with Gasteiger partial charge in [0.15, 0.2) is 5.82 Å². The van der Waals surface area contributed by atoms with E-state index in [-0.39, 0.29) is 23.9 Å². The maximum Gasteiger partial charge on any atom is 0.261 e. The molecule has 3 heterocycles. The average molecular weight is 338 g/mol. The lowest BCUT2D eigenvalue weighted by Crippen LogP contribution is -2.48. The Kier molecular flexibility index (Phi) is 4.12. The van der Waals surface area contributed by atoms with E-state index < -0.39 is 0 Å². The number of aromatic nitrogens is 2. The fraction of sp³-hybridized carbons (Fsp3) is 0.294. The first-order valence-electron chi connectivity index (χ1n) is 8.20. The van der Waals surface area contributed by atoms with Gasteiger partial charge in [0, 0.05) is 32.4 Å². The average Bonchev–Trinajstić information content (AvgIpc) is 2.76. The molecule has 2 aliphatic heterocycles. The number of rotatable bonds is 2. The lowest BCUT2D eigenvalue weighted by Gasteiger charge is -2.29. The van der Waals surface area contributed by atoms with Crippen LogP contribution in [0.3, 0.4) is 0 Å². The zero-order valence-electron chi connectivity index (χ0n) is 13.6. The van der Waals surface area contributed by atoms with Gasteiger partial charge < -0.3 is 10.6 Å². The lowest BCUT2D eigenvalue weighted by molar-refractivity contribution is -0.119. The van der Waals surface area contributed by atoms with Crippen molar-refractivity contribution < 1.29 is 9.59 Å². The number of amides is 2. The predicted octanol–water partition coefficient (Wildman–Crippen LogP) is 0.612. The fourth-order valence-corrected chi connectivity index (χ4v) is 3.12. The molecule has 8 nitrogen and oxygen atoms in total. The number of para-hydroxylation sites is 2. The summed E-state index contributed by atoms with van der Waals surface area (Å²) in [7, 11) is 0. The number of nitrogens with zero attached hydrogens (tertiary/aromatic N) is 4. The predicted molar refractivity (Wildman–Crippen MR) is 92.9 cm³/mol. The quantitative estimate of drug-likeness (QED) is 0.834. The molecular formula is C17H18N6O2. The van der Waals surface area contributed by atoms with Gasteiger partial charge in [-0.15, -0.1) is 0 Å². The number of carbonyl (C=O) groups is 2. The van der Waals surface area contributed by atoms with Crippen LogP contribution in [0.1, 0.15) is 10.4 Å². The van der Waals surface area contributed by atoms with Crippen molar-refractivity contribution in [2.75, 3.05) is 42.9 Å². The van der Waals surface area contributed by atoms with Crippen molar-refractivity contribution >= 4 is 29.0 Å². The van der Waals surface area contributed by atoms with Gasteiger partial charge in [0.25, 0.3) is 5.91 Å². The molecule has 1 fully saturated rings. The van der Waals surface area contributed by atoms with Crippen LogP contribution in [0.5, 0.6) is 0 Å². The van der Waals surface area contributed by atoms with Crippen LogP contribution < -0.4 is 15.5 Å². The Balaban J connectivity index is 1.75. The number of hydrogen-bond acceptors (Lipinski definition) is 6. The fourth-order valence-electron chi connectivity index (χ4n) is 3.12. The van der Waals surface area contributed by atoms with E-state index in [1.807, 2.05) is 18.2 Å². The van der Waals surface area contributed by atoms with E-state index in [0.717, 1.165) is 26.2 Å². The monoisotopic (exact) mass is 338 g/mol. The van der Waals surface area contributed by atoms with Crippen LogP contribution in [-0.4, -0.2) is 59.4 Å². The number of benzene rings is 1. The molecule has 0 spiro atoms. The minimum absolute atomic E-state index is 0.120. The van der Waals surface area contributed by atoms with E-state index in [9.17, 15) is 9.59 Å². The summed E-state index contributed by atoms with van der Waals surface area (Å²) in [5, 5.41) is 6.10. The van der Waals surface area contributed by atoms with Crippen molar-refractivity contribution in [3.63, 3.8) is 0 Å². The number of fused-ring (bicyclic) bond motifs is 2. The second-order valence-corrected chi connectivity index (χ2v) is 5.99. The Bertz CT molecular complexity index is 818. The summed E-state index contributed by atoms with van der Waals surface area (Å²) < 4.78 is 0. The highest BCUT2D eigenvalue weighted by Crippen LogP contribution is 2.36. The van der Waals surface area contributed by atoms with Crippen LogP contribution in [0.2, 0.25) is 0 Å². The van der Waals surface area contributed by atoms with E-state index >= 15 is 0 Å². The highest BCUT2D eigenvalue weighted by molar-refractivity contribution is 6.17. The lowest BCUT2D eigenvalue weighted by atomic mass is 10.2. The maximum atomic E-state index is 13.1. The molecule has 0 bridgehead atoms. The molecule has 0 radical (unpaired) electrons. The SMILES string of the molecule is O=C1Nc2ccccc2N(C(=O)CN2CCNCC2)c2ncncc21. The van der Waals surface area contributed by atoms with Crippen LogP contribution >= 0.6 is 0 Å². The van der Waals surface area contributed by atoms with Crippen LogP contribution in [0.25, 0.3) is 0 Å². The molecule has 2 aliphatic rings. The van der Waals surface area contributed by atoms with Crippen LogP contribution in [0.15, 0.2) is 36.8 Å². The van der Waals surface area contributed by atoms with Crippen LogP contribution in [0.4, 0.5) is 17.2 Å². The maximum absolute atomic E-state index is 13.1. The number of piperazine rings is 1. The number of carbonyl (C=O) groups excluding carboxylic acids is 2. The highest BCUT2D eigenvalue weighted by atomic mass is 16.2. The largest absolute Gasteiger partial charge is 0.320 e. The van der Waals surface area contributed by atoms with Crippen LogP contribution in [-0.2, 0) is 4.79 Å². The Morgan fingerprint density at radius 2 is 2.00 bits per heavy atom. The van der Waals surface area contributed by atoms with Crippen molar-refractivity contribution in [1.29, 1.82) is 0 Å². The van der Waals surface area contributed by atoms with Gasteiger partial charge in [-0.05, 0) is 12.1 Å². The smallest absolute Gasteiger partial charge is 0.261 e. The molecule has 0 atom stereocenters. The molecule has 4 rings (SSSR count). The van der Waals surface area contributed by atoms with Crippen molar-refractivity contribution in [3.05, 3.63) is 42.4 Å². The zero-order chi connectivity index (χ0) is 17.2. The minimum Gasteiger partial charge on any atom is -0.320 e. The van der Waals surface area contributed by atoms with Gasteiger partial charge in [0.2, 0.25) is 5.91 Å². The third-order valence-corrected chi connectivity index (χ3v) is 4.36. The van der Waals surface area contributed by atoms with Gasteiger partial charge in [-0.3, -0.25) is 19.4 Å². The molecule has 2 N–H and O–H groups in total. The van der Waals surface area contributed by atoms with Crippen molar-refractivity contribution in [2.45, 2.75) is 0 Å². The topological polar surface area (TPSA) is 90.5 Å². The summed E-state index contributed by atoms with van der Waals surface area (Å²) in [5.41, 5.74) is 1.49. The Hall–Kier alpha value is -2.84. The van der Waals surface area contributed by atoms with Crippen molar-refractivity contribution in [1.82, 2.24) is 20.2 Å². The molecule has 2 aromatic rings. The second kappa shape index (κ2) is 6.58. The van der Waals surface area contributed by atoms with Crippen molar-refractivity contribution in [2.24, 2.45) is 0 Å². The summed E-state index contributed by atoms with van der Waals surface area (Å²) in [5.74, 6) is -0.121. The van der Waals surface area contributed by atoms with Gasteiger partial charge in [-0.1, -0.05) is 12.1 Å². The molecule has 0 saturated carbocycles. The highest BCUT2D eigenvalue weighted by Gasteiger charge is 2.31. The normalized spacial score (nSPS) is 17.3. The van der Waals surface area contributed by atoms with Gasteiger partial charge in [-0.2, -0.15) is 0 Å². The summed E-state index contributed by atoms with van der Waals surface area (Å²) >= 11 is 0. The third kappa shape index (κ3) is 2.97. The van der Waals surface area contributed by atoms with Crippen molar-refractivity contribution in [3.8, 4) is 0 Å². The molecule has 2 amide bonds. The third-order valence-electron chi connectivity index (χ3n) is 4.36. The van der Waals surface area contributed by atoms with E-state index in [0.29, 0.717) is 17.2 Å². The molecular weight excluding hydrogens is 320 g/mol. The molecule has 0 aliphatic carbocycles. The standard InChI is InChI=1S/C17H18N6O2/c24-15(10-22-7-5-18-6-8-22)23-14-4-2-1-3-13(14)21-17(25)12-9-19-11-20-16(12)23/h1-4,9,11,18H,5-8,10H2,(H,21,25). The molecule has 0 unspecified atom stereocenters. The summed E-state index contributed by atoms with van der Waals surface area (Å²) in [6.07, 6.45) is 2.79. The molecule has 1 saturated heterocycles. The van der Waals surface area contributed by atoms with Gasteiger partial charge in [0.05, 0.1) is 17.9 Å². The first kappa shape index (κ1) is 15.7. The van der Waals surface area contributed by atoms with Gasteiger partial charge in [-0.25, -0.2) is 9.97 Å². The Morgan fingerprint density at radius 3 is 2.84 bits per heavy atom. The zero-order valence-corrected chi connectivity index (χ0v) is 13.6. The van der Waals surface area contributed by atoms with Gasteiger partial charge >= 0.3 is 0 Å². The molecule has 128 valence electrons. The van der Waals surface area contributed by atoms with E-state index in [1.54, 1.807) is 6.07 Å². The molecule has 25 heavy (non-hydrogen) atoms. The summed E-state index contributed by atoms with van der Waals surface area (Å²) in [4.78, 5) is 37.4. The van der Waals surface area contributed by atoms with Gasteiger partial charge in [0.1, 0.15) is 11.9 Å². The van der Waals surface area contributed by atoms with E-state index in [4.69, 9.17) is 0 Å². The number of anilines is 3. The first-order valence-corrected chi connectivity index (χ1v) is 8.20. The van der Waals surface area contributed by atoms with Crippen LogP contribution in [0, 0.1) is 0 Å². The Labute approximate surface area is 144 Å². The minimum atomic E-state index is -0.319. The molecule has 1 aromatic heterocycles. The van der Waals surface area contributed by atoms with E-state index in [2.05, 4.69) is 25.5 Å². The Morgan fingerprint density at radius 1 is 1.20 bits per heavy atom. The molecule has 1 aromatic carbocycles. The first-order chi connectivity index (χ1) is 12.2. The molecule has 8 heteroatoms. The summed E-state index contributed by atoms with van der Waals surface area (Å²) in [6, 6.07) is 7.24. The summed E-state index contributed by atoms with van der Waals surface area (Å²) in [6.45, 7) is 3.63. The second-order valence-electron chi connectivity index (χ2n) is 5.99. The number of nitrogens with one attached hydrogen (secondary N) is 2. The van der Waals surface area contributed by atoms with E-state index in [1.165, 1.54) is 17.4 Å².